The molecule has 0 fully saturated rings. The second-order valence-corrected chi connectivity index (χ2v) is 13.0. The Kier molecular flexibility index (Phi) is 9.76. The van der Waals surface area contributed by atoms with Crippen molar-refractivity contribution in [2.75, 3.05) is 22.9 Å². The highest BCUT2D eigenvalue weighted by Gasteiger charge is 2.31. The molecule has 7 rings (SSSR count). The van der Waals surface area contributed by atoms with Crippen LogP contribution in [0.3, 0.4) is 0 Å². The van der Waals surface area contributed by atoms with Crippen molar-refractivity contribution in [2.24, 2.45) is 0 Å². The Balaban J connectivity index is 1.26. The van der Waals surface area contributed by atoms with Crippen molar-refractivity contribution in [3.05, 3.63) is 180 Å². The molecule has 0 radical (unpaired) electrons. The van der Waals surface area contributed by atoms with Gasteiger partial charge in [0.15, 0.2) is 0 Å². The Morgan fingerprint density at radius 2 is 0.642 bits per heavy atom. The predicted octanol–water partition coefficient (Wildman–Crippen LogP) is 10.7. The highest BCUT2D eigenvalue weighted by Crippen LogP contribution is 2.42. The molecule has 264 valence electrons. The van der Waals surface area contributed by atoms with E-state index in [1.165, 1.54) is 0 Å². The largest absolute Gasteiger partial charge is 0.457 e. The van der Waals surface area contributed by atoms with Gasteiger partial charge in [-0.2, -0.15) is 0 Å². The van der Waals surface area contributed by atoms with Gasteiger partial charge in [0, 0.05) is 28.2 Å². The van der Waals surface area contributed by atoms with E-state index in [-0.39, 0.29) is 0 Å². The summed E-state index contributed by atoms with van der Waals surface area (Å²) in [5, 5.41) is 0. The van der Waals surface area contributed by atoms with Crippen LogP contribution in [0.5, 0.6) is 46.0 Å². The van der Waals surface area contributed by atoms with E-state index in [9.17, 15) is 0 Å². The molecular formula is C45H40N4O4. The van der Waals surface area contributed by atoms with Gasteiger partial charge < -0.3 is 41.9 Å². The number of anilines is 4. The maximum Gasteiger partial charge on any atom is 0.130 e. The third-order valence-corrected chi connectivity index (χ3v) is 9.01. The summed E-state index contributed by atoms with van der Waals surface area (Å²) in [6, 6.07) is 51.5. The highest BCUT2D eigenvalue weighted by atomic mass is 16.5. The maximum absolute atomic E-state index is 6.51. The van der Waals surface area contributed by atoms with E-state index >= 15 is 0 Å². The Morgan fingerprint density at radius 3 is 1.00 bits per heavy atom. The van der Waals surface area contributed by atoms with Crippen LogP contribution in [-0.4, -0.2) is 0 Å². The molecule has 0 aromatic heterocycles. The molecule has 0 aliphatic heterocycles. The number of hydrogen-bond donors (Lipinski definition) is 4. The topological polar surface area (TPSA) is 141 Å². The van der Waals surface area contributed by atoms with Gasteiger partial charge in [-0.05, 0) is 163 Å². The number of benzene rings is 7. The second-order valence-electron chi connectivity index (χ2n) is 13.0. The van der Waals surface area contributed by atoms with E-state index in [1.807, 2.05) is 140 Å². The van der Waals surface area contributed by atoms with Crippen LogP contribution < -0.4 is 41.9 Å². The van der Waals surface area contributed by atoms with E-state index in [2.05, 4.69) is 31.2 Å². The fourth-order valence-electron chi connectivity index (χ4n) is 6.07. The molecule has 0 saturated carbocycles. The van der Waals surface area contributed by atoms with Crippen LogP contribution in [0.25, 0.3) is 0 Å². The molecular weight excluding hydrogens is 661 g/mol. The summed E-state index contributed by atoms with van der Waals surface area (Å²) in [6.45, 7) is 2.22. The molecule has 0 spiro atoms. The molecule has 8 nitrogen and oxygen atoms in total. The van der Waals surface area contributed by atoms with Gasteiger partial charge in [0.1, 0.15) is 46.0 Å². The van der Waals surface area contributed by atoms with Crippen LogP contribution in [0.4, 0.5) is 22.7 Å². The zero-order valence-electron chi connectivity index (χ0n) is 29.2. The second kappa shape index (κ2) is 15.0. The molecule has 8 heteroatoms. The molecule has 0 aliphatic carbocycles. The third-order valence-electron chi connectivity index (χ3n) is 9.01. The van der Waals surface area contributed by atoms with Gasteiger partial charge in [0.2, 0.25) is 0 Å². The molecule has 7 aromatic rings. The van der Waals surface area contributed by atoms with E-state index in [1.54, 1.807) is 0 Å². The zero-order valence-corrected chi connectivity index (χ0v) is 29.2. The molecule has 0 heterocycles. The molecule has 8 N–H and O–H groups in total. The summed E-state index contributed by atoms with van der Waals surface area (Å²) < 4.78 is 25.1. The van der Waals surface area contributed by atoms with Crippen LogP contribution in [-0.2, 0) is 11.8 Å². The first-order valence-electron chi connectivity index (χ1n) is 17.2. The van der Waals surface area contributed by atoms with Gasteiger partial charge in [0.05, 0.1) is 0 Å². The summed E-state index contributed by atoms with van der Waals surface area (Å²) in [7, 11) is 0. The average Bonchev–Trinajstić information content (AvgIpc) is 3.17. The standard InChI is InChI=1S/C45H40N4O4/c1-45(31-2-14-37(15-3-31)50-39-18-6-33(46)7-19-39,32-4-16-38(17-5-32)51-40-20-8-34(47)9-21-40)29-30-28-43(52-41-22-10-35(48)11-23-41)26-27-44(30)53-42-24-12-36(49)13-25-42/h2-28H,29,46-49H2,1H3. The van der Waals surface area contributed by atoms with Crippen molar-refractivity contribution in [1.29, 1.82) is 0 Å². The minimum atomic E-state index is -0.557. The lowest BCUT2D eigenvalue weighted by Gasteiger charge is -2.32. The van der Waals surface area contributed by atoms with Gasteiger partial charge in [-0.15, -0.1) is 0 Å². The highest BCUT2D eigenvalue weighted by molar-refractivity contribution is 5.52. The number of nitrogens with two attached hydrogens (primary N) is 4. The molecule has 0 bridgehead atoms. The van der Waals surface area contributed by atoms with Crippen LogP contribution in [0.2, 0.25) is 0 Å². The molecule has 0 aliphatic rings. The predicted molar refractivity (Wildman–Crippen MR) is 213 cm³/mol. The SMILES string of the molecule is CC(Cc1cc(Oc2ccc(N)cc2)ccc1Oc1ccc(N)cc1)(c1ccc(Oc2ccc(N)cc2)cc1)c1ccc(Oc2ccc(N)cc2)cc1. The monoisotopic (exact) mass is 700 g/mol. The molecule has 53 heavy (non-hydrogen) atoms. The Labute approximate surface area is 309 Å². The Hall–Kier alpha value is -7.06. The lowest BCUT2D eigenvalue weighted by Crippen LogP contribution is -2.27. The summed E-state index contributed by atoms with van der Waals surface area (Å²) in [5.41, 5.74) is 28.8. The summed E-state index contributed by atoms with van der Waals surface area (Å²) in [6.07, 6.45) is 0.548. The number of rotatable bonds is 12. The van der Waals surface area contributed by atoms with Gasteiger partial charge in [-0.1, -0.05) is 31.2 Å². The van der Waals surface area contributed by atoms with Crippen molar-refractivity contribution in [1.82, 2.24) is 0 Å². The van der Waals surface area contributed by atoms with Gasteiger partial charge in [-0.25, -0.2) is 0 Å². The zero-order chi connectivity index (χ0) is 36.8. The molecule has 0 unspecified atom stereocenters. The van der Waals surface area contributed by atoms with Crippen molar-refractivity contribution in [3.8, 4) is 46.0 Å². The fourth-order valence-corrected chi connectivity index (χ4v) is 6.07. The first kappa shape index (κ1) is 34.4. The summed E-state index contributed by atoms with van der Waals surface area (Å²) >= 11 is 0. The summed E-state index contributed by atoms with van der Waals surface area (Å²) in [4.78, 5) is 0. The number of ether oxygens (including phenoxy) is 4. The van der Waals surface area contributed by atoms with Crippen molar-refractivity contribution in [3.63, 3.8) is 0 Å². The lowest BCUT2D eigenvalue weighted by atomic mass is 9.72. The molecule has 0 atom stereocenters. The first-order valence-corrected chi connectivity index (χ1v) is 17.2. The molecule has 0 saturated heterocycles. The van der Waals surface area contributed by atoms with Gasteiger partial charge in [0.25, 0.3) is 0 Å². The quantitative estimate of drug-likeness (QED) is 0.0923. The van der Waals surface area contributed by atoms with E-state index in [0.29, 0.717) is 75.2 Å². The van der Waals surface area contributed by atoms with Crippen LogP contribution in [0, 0.1) is 0 Å². The van der Waals surface area contributed by atoms with Crippen molar-refractivity contribution >= 4 is 22.7 Å². The summed E-state index contributed by atoms with van der Waals surface area (Å²) in [5.74, 6) is 5.52. The number of hydrogen-bond acceptors (Lipinski definition) is 8. The third kappa shape index (κ3) is 8.46. The normalized spacial score (nSPS) is 11.1. The lowest BCUT2D eigenvalue weighted by molar-refractivity contribution is 0.454. The number of nitrogen functional groups attached to an aromatic ring is 4. The van der Waals surface area contributed by atoms with Gasteiger partial charge in [-0.3, -0.25) is 0 Å². The Morgan fingerprint density at radius 1 is 0.358 bits per heavy atom. The van der Waals surface area contributed by atoms with E-state index < -0.39 is 5.41 Å². The fraction of sp³-hybridized carbons (Fsp3) is 0.0667. The van der Waals surface area contributed by atoms with Gasteiger partial charge >= 0.3 is 0 Å². The minimum Gasteiger partial charge on any atom is -0.457 e. The van der Waals surface area contributed by atoms with E-state index in [4.69, 9.17) is 41.9 Å². The van der Waals surface area contributed by atoms with Crippen LogP contribution in [0.15, 0.2) is 164 Å². The van der Waals surface area contributed by atoms with Crippen molar-refractivity contribution in [2.45, 2.75) is 18.8 Å². The van der Waals surface area contributed by atoms with Crippen molar-refractivity contribution < 1.29 is 18.9 Å². The Bertz CT molecular complexity index is 2180. The smallest absolute Gasteiger partial charge is 0.130 e. The minimum absolute atomic E-state index is 0.548. The molecule has 7 aromatic carbocycles. The molecule has 0 amide bonds. The van der Waals surface area contributed by atoms with Crippen LogP contribution in [0.1, 0.15) is 23.6 Å². The first-order chi connectivity index (χ1) is 25.7. The average molecular weight is 701 g/mol. The van der Waals surface area contributed by atoms with E-state index in [0.717, 1.165) is 16.7 Å². The maximum atomic E-state index is 6.51. The van der Waals surface area contributed by atoms with Crippen LogP contribution >= 0.6 is 0 Å².